The maximum atomic E-state index is 5.71. The highest BCUT2D eigenvalue weighted by Gasteiger charge is 2.08. The van der Waals surface area contributed by atoms with Crippen molar-refractivity contribution in [3.8, 4) is 5.75 Å². The number of ether oxygens (including phenoxy) is 1. The third-order valence-electron chi connectivity index (χ3n) is 2.03. The summed E-state index contributed by atoms with van der Waals surface area (Å²) in [6.45, 7) is 2.00. The number of rotatable bonds is 4. The molecule has 0 fully saturated rings. The minimum absolute atomic E-state index is 0.208. The molecule has 0 bridgehead atoms. The number of nitrogens with two attached hydrogens (primary N) is 1. The average molecular weight is 259 g/mol. The van der Waals surface area contributed by atoms with Crippen molar-refractivity contribution in [1.29, 1.82) is 0 Å². The van der Waals surface area contributed by atoms with Gasteiger partial charge in [0.25, 0.3) is 0 Å². The monoisotopic (exact) mass is 258 g/mol. The minimum Gasteiger partial charge on any atom is -0.495 e. The van der Waals surface area contributed by atoms with Crippen LogP contribution in [0.4, 0.5) is 0 Å². The molecule has 0 unspecified atom stereocenters. The molecule has 2 N–H and O–H groups in total. The molecule has 78 valence electrons. The molecule has 0 spiro atoms. The van der Waals surface area contributed by atoms with Crippen LogP contribution in [-0.4, -0.2) is 18.1 Å². The van der Waals surface area contributed by atoms with Crippen LogP contribution in [0.2, 0.25) is 0 Å². The smallest absolute Gasteiger partial charge is 0.141 e. The molecule has 0 aromatic carbocycles. The molecule has 1 aromatic heterocycles. The van der Waals surface area contributed by atoms with Gasteiger partial charge in [-0.15, -0.1) is 0 Å². The van der Waals surface area contributed by atoms with Gasteiger partial charge < -0.3 is 10.5 Å². The van der Waals surface area contributed by atoms with Crippen LogP contribution in [0.5, 0.6) is 5.75 Å². The maximum Gasteiger partial charge on any atom is 0.141 e. The molecule has 1 atom stereocenters. The van der Waals surface area contributed by atoms with Crippen molar-refractivity contribution >= 4 is 15.9 Å². The van der Waals surface area contributed by atoms with Gasteiger partial charge in [-0.25, -0.2) is 0 Å². The van der Waals surface area contributed by atoms with E-state index in [1.807, 2.05) is 6.92 Å². The molecule has 4 heteroatoms. The van der Waals surface area contributed by atoms with Crippen LogP contribution < -0.4 is 10.5 Å². The van der Waals surface area contributed by atoms with E-state index in [0.29, 0.717) is 0 Å². The Morgan fingerprint density at radius 3 is 2.86 bits per heavy atom. The highest BCUT2D eigenvalue weighted by Crippen LogP contribution is 2.26. The lowest BCUT2D eigenvalue weighted by Crippen LogP contribution is -2.15. The SMILES string of the molecule is COc1cncc(Br)c1CC[C@@H](C)N. The van der Waals surface area contributed by atoms with Gasteiger partial charge in [0.2, 0.25) is 0 Å². The highest BCUT2D eigenvalue weighted by molar-refractivity contribution is 9.10. The fourth-order valence-electron chi connectivity index (χ4n) is 1.23. The Bertz CT molecular complexity index is 302. The van der Waals surface area contributed by atoms with E-state index in [1.54, 1.807) is 19.5 Å². The number of nitrogens with zero attached hydrogens (tertiary/aromatic N) is 1. The Balaban J connectivity index is 2.82. The van der Waals surface area contributed by atoms with E-state index in [9.17, 15) is 0 Å². The van der Waals surface area contributed by atoms with Crippen LogP contribution in [0.3, 0.4) is 0 Å². The summed E-state index contributed by atoms with van der Waals surface area (Å²) in [5, 5.41) is 0. The van der Waals surface area contributed by atoms with E-state index < -0.39 is 0 Å². The Morgan fingerprint density at radius 2 is 2.29 bits per heavy atom. The van der Waals surface area contributed by atoms with Crippen LogP contribution in [0.1, 0.15) is 18.9 Å². The molecule has 3 nitrogen and oxygen atoms in total. The van der Waals surface area contributed by atoms with Crippen molar-refractivity contribution < 1.29 is 4.74 Å². The zero-order chi connectivity index (χ0) is 10.6. The van der Waals surface area contributed by atoms with E-state index in [1.165, 1.54) is 0 Å². The number of pyridine rings is 1. The van der Waals surface area contributed by atoms with Crippen molar-refractivity contribution in [3.63, 3.8) is 0 Å². The van der Waals surface area contributed by atoms with Gasteiger partial charge in [-0.3, -0.25) is 4.98 Å². The molecule has 1 rings (SSSR count). The van der Waals surface area contributed by atoms with Crippen LogP contribution in [0.25, 0.3) is 0 Å². The van der Waals surface area contributed by atoms with Crippen LogP contribution in [0.15, 0.2) is 16.9 Å². The Kier molecular flexibility index (Phi) is 4.35. The topological polar surface area (TPSA) is 48.1 Å². The number of hydrogen-bond donors (Lipinski definition) is 1. The van der Waals surface area contributed by atoms with E-state index >= 15 is 0 Å². The second-order valence-corrected chi connectivity index (χ2v) is 4.17. The number of hydrogen-bond acceptors (Lipinski definition) is 3. The summed E-state index contributed by atoms with van der Waals surface area (Å²) in [5.74, 6) is 0.819. The summed E-state index contributed by atoms with van der Waals surface area (Å²) in [6, 6.07) is 0.208. The Hall–Kier alpha value is -0.610. The molecule has 0 saturated carbocycles. The minimum atomic E-state index is 0.208. The molecular formula is C10H15BrN2O. The molecule has 0 radical (unpaired) electrons. The van der Waals surface area contributed by atoms with Crippen LogP contribution >= 0.6 is 15.9 Å². The highest BCUT2D eigenvalue weighted by atomic mass is 79.9. The predicted molar refractivity (Wildman–Crippen MR) is 60.5 cm³/mol. The number of halogens is 1. The lowest BCUT2D eigenvalue weighted by Gasteiger charge is -2.10. The first kappa shape index (κ1) is 11.5. The van der Waals surface area contributed by atoms with E-state index in [2.05, 4.69) is 20.9 Å². The lowest BCUT2D eigenvalue weighted by atomic mass is 10.1. The molecule has 1 aromatic rings. The van der Waals surface area contributed by atoms with Crippen molar-refractivity contribution in [2.45, 2.75) is 25.8 Å². The number of methoxy groups -OCH3 is 1. The quantitative estimate of drug-likeness (QED) is 0.901. The largest absolute Gasteiger partial charge is 0.495 e. The average Bonchev–Trinajstić information content (AvgIpc) is 2.15. The molecule has 0 aliphatic carbocycles. The summed E-state index contributed by atoms with van der Waals surface area (Å²) in [6.07, 6.45) is 5.35. The van der Waals surface area contributed by atoms with Gasteiger partial charge in [0.05, 0.1) is 13.3 Å². The second kappa shape index (κ2) is 5.32. The number of aromatic nitrogens is 1. The fraction of sp³-hybridized carbons (Fsp3) is 0.500. The molecular weight excluding hydrogens is 244 g/mol. The van der Waals surface area contributed by atoms with Gasteiger partial charge in [-0.2, -0.15) is 0 Å². The van der Waals surface area contributed by atoms with Gasteiger partial charge in [0, 0.05) is 22.3 Å². The van der Waals surface area contributed by atoms with Crippen molar-refractivity contribution in [2.24, 2.45) is 5.73 Å². The first-order chi connectivity index (χ1) is 6.65. The normalized spacial score (nSPS) is 12.6. The van der Waals surface area contributed by atoms with Gasteiger partial charge in [0.15, 0.2) is 0 Å². The summed E-state index contributed by atoms with van der Waals surface area (Å²) in [4.78, 5) is 4.04. The first-order valence-electron chi connectivity index (χ1n) is 4.57. The Morgan fingerprint density at radius 1 is 1.57 bits per heavy atom. The first-order valence-corrected chi connectivity index (χ1v) is 5.36. The van der Waals surface area contributed by atoms with Crippen molar-refractivity contribution in [2.75, 3.05) is 7.11 Å². The maximum absolute atomic E-state index is 5.71. The zero-order valence-electron chi connectivity index (χ0n) is 8.46. The third kappa shape index (κ3) is 2.96. The second-order valence-electron chi connectivity index (χ2n) is 3.32. The zero-order valence-corrected chi connectivity index (χ0v) is 10.0. The van der Waals surface area contributed by atoms with Crippen molar-refractivity contribution in [1.82, 2.24) is 4.98 Å². The summed E-state index contributed by atoms with van der Waals surface area (Å²) in [7, 11) is 1.65. The molecule has 0 aliphatic heterocycles. The third-order valence-corrected chi connectivity index (χ3v) is 2.72. The summed E-state index contributed by atoms with van der Waals surface area (Å²) in [5.41, 5.74) is 6.85. The Labute approximate surface area is 92.8 Å². The van der Waals surface area contributed by atoms with Gasteiger partial charge in [-0.05, 0) is 35.7 Å². The summed E-state index contributed by atoms with van der Waals surface area (Å²) < 4.78 is 6.21. The standard InChI is InChI=1S/C10H15BrN2O/c1-7(12)3-4-8-9(11)5-13-6-10(8)14-2/h5-7H,3-4,12H2,1-2H3/t7-/m1/s1. The summed E-state index contributed by atoms with van der Waals surface area (Å²) >= 11 is 3.45. The van der Waals surface area contributed by atoms with E-state index in [-0.39, 0.29) is 6.04 Å². The van der Waals surface area contributed by atoms with Gasteiger partial charge in [0.1, 0.15) is 5.75 Å². The van der Waals surface area contributed by atoms with Crippen LogP contribution in [0, 0.1) is 0 Å². The van der Waals surface area contributed by atoms with Crippen LogP contribution in [-0.2, 0) is 6.42 Å². The molecule has 1 heterocycles. The molecule has 0 amide bonds. The molecule has 0 saturated heterocycles. The van der Waals surface area contributed by atoms with Gasteiger partial charge >= 0.3 is 0 Å². The fourth-order valence-corrected chi connectivity index (χ4v) is 1.75. The van der Waals surface area contributed by atoms with Crippen molar-refractivity contribution in [3.05, 3.63) is 22.4 Å². The predicted octanol–water partition coefficient (Wildman–Crippen LogP) is 2.13. The molecule has 14 heavy (non-hydrogen) atoms. The van der Waals surface area contributed by atoms with E-state index in [0.717, 1.165) is 28.6 Å². The lowest BCUT2D eigenvalue weighted by molar-refractivity contribution is 0.406. The van der Waals surface area contributed by atoms with Gasteiger partial charge in [-0.1, -0.05) is 0 Å². The molecule has 0 aliphatic rings. The van der Waals surface area contributed by atoms with E-state index in [4.69, 9.17) is 10.5 Å².